The zero-order chi connectivity index (χ0) is 17.1. The number of hydrogen-bond acceptors (Lipinski definition) is 6. The first-order valence-corrected chi connectivity index (χ1v) is 9.10. The molecule has 5 rings (SSSR count). The molecule has 3 aromatic heterocycles. The minimum atomic E-state index is -0.0321. The average molecular weight is 352 g/mol. The van der Waals surface area contributed by atoms with Gasteiger partial charge in [0, 0.05) is 10.9 Å². The van der Waals surface area contributed by atoms with Crippen molar-refractivity contribution < 1.29 is 10.2 Å². The SMILES string of the molecule is CC1CCc2sc3ncn4c(-c5ccc(O)cc5O)nnc4c3c2C1. The summed E-state index contributed by atoms with van der Waals surface area (Å²) in [7, 11) is 0. The van der Waals surface area contributed by atoms with E-state index >= 15 is 0 Å². The molecule has 126 valence electrons. The highest BCUT2D eigenvalue weighted by Crippen LogP contribution is 2.39. The molecular weight excluding hydrogens is 336 g/mol. The number of thiophene rings is 1. The van der Waals surface area contributed by atoms with Gasteiger partial charge in [0.15, 0.2) is 11.5 Å². The lowest BCUT2D eigenvalue weighted by Crippen LogP contribution is -2.09. The topological polar surface area (TPSA) is 83.5 Å². The molecule has 3 heterocycles. The lowest BCUT2D eigenvalue weighted by molar-refractivity contribution is 0.451. The van der Waals surface area contributed by atoms with Crippen molar-refractivity contribution in [2.45, 2.75) is 26.2 Å². The molecule has 0 amide bonds. The van der Waals surface area contributed by atoms with E-state index in [1.165, 1.54) is 29.0 Å². The molecule has 6 nitrogen and oxygen atoms in total. The first-order valence-electron chi connectivity index (χ1n) is 8.28. The van der Waals surface area contributed by atoms with Gasteiger partial charge in [-0.2, -0.15) is 0 Å². The lowest BCUT2D eigenvalue weighted by Gasteiger charge is -2.17. The highest BCUT2D eigenvalue weighted by molar-refractivity contribution is 7.19. The van der Waals surface area contributed by atoms with Crippen molar-refractivity contribution in [2.75, 3.05) is 0 Å². The largest absolute Gasteiger partial charge is 0.508 e. The Morgan fingerprint density at radius 1 is 1.24 bits per heavy atom. The minimum absolute atomic E-state index is 0.0106. The van der Waals surface area contributed by atoms with E-state index in [0.717, 1.165) is 28.7 Å². The Kier molecular flexibility index (Phi) is 3.03. The molecule has 25 heavy (non-hydrogen) atoms. The van der Waals surface area contributed by atoms with Gasteiger partial charge in [-0.15, -0.1) is 21.5 Å². The molecule has 1 aliphatic rings. The molecule has 0 bridgehead atoms. The van der Waals surface area contributed by atoms with E-state index in [1.807, 2.05) is 4.40 Å². The van der Waals surface area contributed by atoms with E-state index in [0.29, 0.717) is 17.3 Å². The molecule has 1 aliphatic carbocycles. The summed E-state index contributed by atoms with van der Waals surface area (Å²) in [5.74, 6) is 1.16. The summed E-state index contributed by atoms with van der Waals surface area (Å²) >= 11 is 1.75. The summed E-state index contributed by atoms with van der Waals surface area (Å²) < 4.78 is 1.82. The van der Waals surface area contributed by atoms with Crippen LogP contribution in [0.25, 0.3) is 27.3 Å². The van der Waals surface area contributed by atoms with Gasteiger partial charge in [-0.3, -0.25) is 4.40 Å². The second-order valence-corrected chi connectivity index (χ2v) is 7.78. The van der Waals surface area contributed by atoms with Crippen molar-refractivity contribution in [2.24, 2.45) is 5.92 Å². The maximum absolute atomic E-state index is 10.2. The van der Waals surface area contributed by atoms with Crippen LogP contribution in [0.5, 0.6) is 11.5 Å². The van der Waals surface area contributed by atoms with E-state index < -0.39 is 0 Å². The molecule has 0 radical (unpaired) electrons. The number of benzene rings is 1. The normalized spacial score (nSPS) is 17.2. The smallest absolute Gasteiger partial charge is 0.173 e. The molecular formula is C18H16N4O2S. The van der Waals surface area contributed by atoms with E-state index in [9.17, 15) is 10.2 Å². The number of aryl methyl sites for hydroxylation is 1. The summed E-state index contributed by atoms with van der Waals surface area (Å²) in [5.41, 5.74) is 2.65. The first-order chi connectivity index (χ1) is 12.1. The van der Waals surface area contributed by atoms with Crippen LogP contribution in [0.3, 0.4) is 0 Å². The number of aromatic hydroxyl groups is 2. The maximum atomic E-state index is 10.2. The van der Waals surface area contributed by atoms with Gasteiger partial charge >= 0.3 is 0 Å². The molecule has 0 saturated carbocycles. The van der Waals surface area contributed by atoms with Gasteiger partial charge in [-0.05, 0) is 42.9 Å². The summed E-state index contributed by atoms with van der Waals surface area (Å²) in [5, 5.41) is 29.4. The summed E-state index contributed by atoms with van der Waals surface area (Å²) in [6.07, 6.45) is 5.08. The number of fused-ring (bicyclic) bond motifs is 5. The zero-order valence-electron chi connectivity index (χ0n) is 13.6. The maximum Gasteiger partial charge on any atom is 0.173 e. The second kappa shape index (κ2) is 5.16. The Balaban J connectivity index is 1.79. The molecule has 7 heteroatoms. The van der Waals surface area contributed by atoms with Crippen LogP contribution in [-0.2, 0) is 12.8 Å². The molecule has 0 saturated heterocycles. The van der Waals surface area contributed by atoms with Crippen LogP contribution in [0.4, 0.5) is 0 Å². The van der Waals surface area contributed by atoms with Crippen LogP contribution >= 0.6 is 11.3 Å². The Bertz CT molecular complexity index is 1130. The second-order valence-electron chi connectivity index (χ2n) is 6.70. The fraction of sp³-hybridized carbons (Fsp3) is 0.278. The Hall–Kier alpha value is -2.67. The molecule has 1 unspecified atom stereocenters. The summed E-state index contributed by atoms with van der Waals surface area (Å²) in [6.45, 7) is 2.28. The molecule has 1 aromatic carbocycles. The van der Waals surface area contributed by atoms with Gasteiger partial charge in [0.05, 0.1) is 10.9 Å². The number of nitrogens with zero attached hydrogens (tertiary/aromatic N) is 4. The third-order valence-electron chi connectivity index (χ3n) is 4.92. The van der Waals surface area contributed by atoms with Gasteiger partial charge in [0.2, 0.25) is 0 Å². The van der Waals surface area contributed by atoms with Crippen LogP contribution < -0.4 is 0 Å². The third kappa shape index (κ3) is 2.12. The van der Waals surface area contributed by atoms with Crippen molar-refractivity contribution >= 4 is 27.2 Å². The molecule has 0 fully saturated rings. The number of phenolic OH excluding ortho intramolecular Hbond substituents is 2. The predicted molar refractivity (Wildman–Crippen MR) is 96.1 cm³/mol. The van der Waals surface area contributed by atoms with Crippen molar-refractivity contribution in [3.63, 3.8) is 0 Å². The van der Waals surface area contributed by atoms with E-state index in [4.69, 9.17) is 0 Å². The van der Waals surface area contributed by atoms with Gasteiger partial charge < -0.3 is 10.2 Å². The quantitative estimate of drug-likeness (QED) is 0.547. The number of hydrogen-bond donors (Lipinski definition) is 2. The highest BCUT2D eigenvalue weighted by atomic mass is 32.1. The van der Waals surface area contributed by atoms with E-state index in [-0.39, 0.29) is 11.5 Å². The van der Waals surface area contributed by atoms with Gasteiger partial charge in [-0.1, -0.05) is 6.92 Å². The van der Waals surface area contributed by atoms with Crippen molar-refractivity contribution in [1.29, 1.82) is 0 Å². The number of phenols is 2. The summed E-state index contributed by atoms with van der Waals surface area (Å²) in [4.78, 5) is 7.02. The first kappa shape index (κ1) is 14.7. The molecule has 1 atom stereocenters. The van der Waals surface area contributed by atoms with E-state index in [1.54, 1.807) is 23.7 Å². The highest BCUT2D eigenvalue weighted by Gasteiger charge is 2.24. The van der Waals surface area contributed by atoms with Crippen molar-refractivity contribution in [3.05, 3.63) is 35.0 Å². The van der Waals surface area contributed by atoms with Crippen LogP contribution in [0.2, 0.25) is 0 Å². The van der Waals surface area contributed by atoms with Crippen LogP contribution in [-0.4, -0.2) is 29.8 Å². The number of aromatic nitrogens is 4. The van der Waals surface area contributed by atoms with Gasteiger partial charge in [0.25, 0.3) is 0 Å². The Labute approximate surface area is 147 Å². The van der Waals surface area contributed by atoms with Crippen molar-refractivity contribution in [3.8, 4) is 22.9 Å². The monoisotopic (exact) mass is 352 g/mol. The van der Waals surface area contributed by atoms with Gasteiger partial charge in [0.1, 0.15) is 22.7 Å². The fourth-order valence-electron chi connectivity index (χ4n) is 3.64. The standard InChI is InChI=1S/C18H16N4O2S/c1-9-2-5-14-12(6-9)15-17-21-20-16(22(17)8-19-18(15)25-14)11-4-3-10(23)7-13(11)24/h3-4,7-9,23-24H,2,5-6H2,1H3. The third-order valence-corrected chi connectivity index (χ3v) is 6.12. The molecule has 0 aliphatic heterocycles. The summed E-state index contributed by atoms with van der Waals surface area (Å²) in [6, 6.07) is 4.46. The fourth-order valence-corrected chi connectivity index (χ4v) is 4.82. The average Bonchev–Trinajstić information content (AvgIpc) is 3.15. The zero-order valence-corrected chi connectivity index (χ0v) is 14.4. The van der Waals surface area contributed by atoms with Crippen LogP contribution in [0, 0.1) is 5.92 Å². The van der Waals surface area contributed by atoms with Gasteiger partial charge in [-0.25, -0.2) is 4.98 Å². The van der Waals surface area contributed by atoms with Crippen molar-refractivity contribution in [1.82, 2.24) is 19.6 Å². The molecule has 2 N–H and O–H groups in total. The molecule has 0 spiro atoms. The Morgan fingerprint density at radius 2 is 2.12 bits per heavy atom. The number of rotatable bonds is 1. The molecule has 4 aromatic rings. The van der Waals surface area contributed by atoms with E-state index in [2.05, 4.69) is 22.1 Å². The predicted octanol–water partition coefficient (Wildman–Crippen LogP) is 3.54. The minimum Gasteiger partial charge on any atom is -0.508 e. The van der Waals surface area contributed by atoms with Crippen LogP contribution in [0.1, 0.15) is 23.8 Å². The van der Waals surface area contributed by atoms with Crippen LogP contribution in [0.15, 0.2) is 24.5 Å². The lowest BCUT2D eigenvalue weighted by atomic mass is 9.89. The Morgan fingerprint density at radius 3 is 2.96 bits per heavy atom.